The maximum Gasteiger partial charge on any atom is 0.183 e. The summed E-state index contributed by atoms with van der Waals surface area (Å²) >= 11 is 5.65. The van der Waals surface area contributed by atoms with Crippen LogP contribution in [-0.2, 0) is 16.0 Å². The summed E-state index contributed by atoms with van der Waals surface area (Å²) in [5.74, 6) is 0.735. The predicted molar refractivity (Wildman–Crippen MR) is 90.6 cm³/mol. The molecule has 1 aliphatic heterocycles. The largest absolute Gasteiger partial charge is 0.394 e. The molecular formula is C14H20ClN7O5. The SMILES string of the molecule is OCC1O[C@H](OCCCl)C(n2cc(CNc3cnncn3)nn2)[C@@H](O)[C@@H]1O. The van der Waals surface area contributed by atoms with E-state index in [-0.39, 0.29) is 12.5 Å². The minimum Gasteiger partial charge on any atom is -0.394 e. The van der Waals surface area contributed by atoms with E-state index in [0.29, 0.717) is 18.1 Å². The molecule has 2 aromatic heterocycles. The highest BCUT2D eigenvalue weighted by Gasteiger charge is 2.46. The highest BCUT2D eigenvalue weighted by atomic mass is 35.5. The maximum atomic E-state index is 10.5. The van der Waals surface area contributed by atoms with Crippen LogP contribution in [0.5, 0.6) is 0 Å². The van der Waals surface area contributed by atoms with Gasteiger partial charge in [-0.2, -0.15) is 5.10 Å². The van der Waals surface area contributed by atoms with Crippen LogP contribution in [0.3, 0.4) is 0 Å². The van der Waals surface area contributed by atoms with E-state index in [0.717, 1.165) is 0 Å². The Labute approximate surface area is 159 Å². The predicted octanol–water partition coefficient (Wildman–Crippen LogP) is -1.69. The van der Waals surface area contributed by atoms with Crippen LogP contribution < -0.4 is 5.32 Å². The fourth-order valence-electron chi connectivity index (χ4n) is 2.70. The highest BCUT2D eigenvalue weighted by Crippen LogP contribution is 2.30. The molecule has 0 aromatic carbocycles. The molecule has 2 unspecified atom stereocenters. The Kier molecular flexibility index (Phi) is 6.82. The van der Waals surface area contributed by atoms with Gasteiger partial charge >= 0.3 is 0 Å². The fraction of sp³-hybridized carbons (Fsp3) is 0.643. The van der Waals surface area contributed by atoms with E-state index in [1.54, 1.807) is 6.20 Å². The highest BCUT2D eigenvalue weighted by molar-refractivity contribution is 6.17. The third-order valence-electron chi connectivity index (χ3n) is 4.02. The Hall–Kier alpha value is -1.96. The van der Waals surface area contributed by atoms with E-state index in [1.165, 1.54) is 17.2 Å². The first-order chi connectivity index (χ1) is 13.1. The zero-order chi connectivity index (χ0) is 19.2. The average Bonchev–Trinajstić information content (AvgIpc) is 3.16. The van der Waals surface area contributed by atoms with Gasteiger partial charge in [-0.1, -0.05) is 5.21 Å². The van der Waals surface area contributed by atoms with Crippen LogP contribution in [0.2, 0.25) is 0 Å². The van der Waals surface area contributed by atoms with Crippen molar-refractivity contribution in [2.45, 2.75) is 37.2 Å². The second-order valence-electron chi connectivity index (χ2n) is 5.79. The Morgan fingerprint density at radius 1 is 1.30 bits per heavy atom. The monoisotopic (exact) mass is 401 g/mol. The van der Waals surface area contributed by atoms with Gasteiger partial charge in [0.15, 0.2) is 6.29 Å². The van der Waals surface area contributed by atoms with Gasteiger partial charge in [-0.25, -0.2) is 9.67 Å². The lowest BCUT2D eigenvalue weighted by Gasteiger charge is -2.41. The van der Waals surface area contributed by atoms with Gasteiger partial charge in [0.2, 0.25) is 0 Å². The quantitative estimate of drug-likeness (QED) is 0.373. The molecule has 0 saturated carbocycles. The summed E-state index contributed by atoms with van der Waals surface area (Å²) in [6.45, 7) is -0.00390. The van der Waals surface area contributed by atoms with Gasteiger partial charge in [-0.15, -0.1) is 21.8 Å². The van der Waals surface area contributed by atoms with E-state index in [4.69, 9.17) is 21.1 Å². The normalized spacial score (nSPS) is 28.2. The molecule has 27 heavy (non-hydrogen) atoms. The van der Waals surface area contributed by atoms with Crippen LogP contribution in [0.4, 0.5) is 5.82 Å². The van der Waals surface area contributed by atoms with Crippen LogP contribution in [0, 0.1) is 0 Å². The van der Waals surface area contributed by atoms with E-state index in [2.05, 4.69) is 30.8 Å². The number of nitrogens with zero attached hydrogens (tertiary/aromatic N) is 6. The molecule has 0 aliphatic carbocycles. The van der Waals surface area contributed by atoms with Crippen LogP contribution in [0.25, 0.3) is 0 Å². The van der Waals surface area contributed by atoms with E-state index >= 15 is 0 Å². The summed E-state index contributed by atoms with van der Waals surface area (Å²) in [6.07, 6.45) is -0.183. The number of alkyl halides is 1. The molecule has 0 radical (unpaired) electrons. The second-order valence-corrected chi connectivity index (χ2v) is 6.17. The molecule has 0 spiro atoms. The summed E-state index contributed by atoms with van der Waals surface area (Å²) in [6, 6.07) is -0.868. The first-order valence-corrected chi connectivity index (χ1v) is 8.74. The van der Waals surface area contributed by atoms with E-state index < -0.39 is 37.3 Å². The number of rotatable bonds is 8. The van der Waals surface area contributed by atoms with Crippen LogP contribution in [-0.4, -0.2) is 89.2 Å². The van der Waals surface area contributed by atoms with Crippen molar-refractivity contribution in [1.82, 2.24) is 30.2 Å². The average molecular weight is 402 g/mol. The Morgan fingerprint density at radius 2 is 2.15 bits per heavy atom. The van der Waals surface area contributed by atoms with Crippen molar-refractivity contribution in [3.05, 3.63) is 24.4 Å². The summed E-state index contributed by atoms with van der Waals surface area (Å²) < 4.78 is 12.4. The minimum atomic E-state index is -1.31. The topological polar surface area (TPSA) is 161 Å². The molecule has 1 saturated heterocycles. The third kappa shape index (κ3) is 4.66. The summed E-state index contributed by atoms with van der Waals surface area (Å²) in [4.78, 5) is 3.99. The van der Waals surface area contributed by atoms with Crippen molar-refractivity contribution >= 4 is 17.4 Å². The van der Waals surface area contributed by atoms with Crippen molar-refractivity contribution < 1.29 is 24.8 Å². The zero-order valence-electron chi connectivity index (χ0n) is 14.2. The molecule has 12 nitrogen and oxygen atoms in total. The van der Waals surface area contributed by atoms with Crippen molar-refractivity contribution in [1.29, 1.82) is 0 Å². The number of nitrogens with one attached hydrogen (secondary N) is 1. The molecule has 5 atom stereocenters. The number of anilines is 1. The molecule has 0 amide bonds. The number of aromatic nitrogens is 6. The number of hydrogen-bond donors (Lipinski definition) is 4. The van der Waals surface area contributed by atoms with Gasteiger partial charge in [0, 0.05) is 5.88 Å². The number of halogens is 1. The minimum absolute atomic E-state index is 0.160. The zero-order valence-corrected chi connectivity index (χ0v) is 14.9. The van der Waals surface area contributed by atoms with Gasteiger partial charge in [0.1, 0.15) is 42.2 Å². The molecule has 148 valence electrons. The van der Waals surface area contributed by atoms with Crippen molar-refractivity contribution in [2.24, 2.45) is 0 Å². The number of aliphatic hydroxyl groups is 3. The van der Waals surface area contributed by atoms with Crippen molar-refractivity contribution in [3.8, 4) is 0 Å². The van der Waals surface area contributed by atoms with E-state index in [9.17, 15) is 15.3 Å². The van der Waals surface area contributed by atoms with Gasteiger partial charge < -0.3 is 30.1 Å². The lowest BCUT2D eigenvalue weighted by Crippen LogP contribution is -2.57. The molecule has 2 aromatic rings. The lowest BCUT2D eigenvalue weighted by atomic mass is 9.97. The van der Waals surface area contributed by atoms with Crippen LogP contribution in [0.15, 0.2) is 18.7 Å². The standard InChI is InChI=1S/C14H20ClN7O5/c15-1-2-26-14-11(13(25)12(24)9(6-23)27-14)22-5-8(20-21-22)3-16-10-4-18-19-7-17-10/h4-5,7,9,11-14,23-25H,1-3,6H2,(H,16,17,19)/t9?,11?,12-,13-,14+/m1/s1. The lowest BCUT2D eigenvalue weighted by molar-refractivity contribution is -0.280. The molecular weight excluding hydrogens is 382 g/mol. The number of hydrogen-bond acceptors (Lipinski definition) is 11. The molecule has 1 aliphatic rings. The summed E-state index contributed by atoms with van der Waals surface area (Å²) in [7, 11) is 0. The summed E-state index contributed by atoms with van der Waals surface area (Å²) in [5.41, 5.74) is 0.552. The first kappa shape index (κ1) is 19.8. The molecule has 3 rings (SSSR count). The molecule has 0 bridgehead atoms. The Balaban J connectivity index is 1.72. The Bertz CT molecular complexity index is 708. The first-order valence-electron chi connectivity index (χ1n) is 8.21. The molecule has 13 heteroatoms. The smallest absolute Gasteiger partial charge is 0.183 e. The summed E-state index contributed by atoms with van der Waals surface area (Å²) in [5, 5.41) is 48.3. The maximum absolute atomic E-state index is 10.5. The van der Waals surface area contributed by atoms with Crippen molar-refractivity contribution in [2.75, 3.05) is 24.4 Å². The second kappa shape index (κ2) is 9.30. The molecule has 3 heterocycles. The van der Waals surface area contributed by atoms with Crippen LogP contribution in [0.1, 0.15) is 11.7 Å². The van der Waals surface area contributed by atoms with Gasteiger partial charge in [-0.05, 0) is 0 Å². The molecule has 4 N–H and O–H groups in total. The van der Waals surface area contributed by atoms with Crippen LogP contribution >= 0.6 is 11.6 Å². The van der Waals surface area contributed by atoms with Gasteiger partial charge in [0.05, 0.1) is 32.2 Å². The van der Waals surface area contributed by atoms with Gasteiger partial charge in [-0.3, -0.25) is 0 Å². The Morgan fingerprint density at radius 3 is 2.85 bits per heavy atom. The third-order valence-corrected chi connectivity index (χ3v) is 4.17. The van der Waals surface area contributed by atoms with Gasteiger partial charge in [0.25, 0.3) is 0 Å². The fourth-order valence-corrected chi connectivity index (χ4v) is 2.79. The van der Waals surface area contributed by atoms with E-state index in [1.807, 2.05) is 0 Å². The molecule has 1 fully saturated rings. The number of ether oxygens (including phenoxy) is 2. The van der Waals surface area contributed by atoms with Crippen molar-refractivity contribution in [3.63, 3.8) is 0 Å². The number of aliphatic hydroxyl groups excluding tert-OH is 3.